The van der Waals surface area contributed by atoms with Crippen LogP contribution in [-0.4, -0.2) is 41.5 Å². The number of likely N-dealkylation sites (N-methyl/N-ethyl adjacent to an activating group) is 1. The van der Waals surface area contributed by atoms with Crippen LogP contribution >= 0.6 is 22.9 Å². The molecule has 6 heteroatoms. The molecule has 0 aromatic carbocycles. The number of hydrogen-bond donors (Lipinski definition) is 1. The molecule has 20 heavy (non-hydrogen) atoms. The van der Waals surface area contributed by atoms with Gasteiger partial charge in [0.15, 0.2) is 0 Å². The Balaban J connectivity index is 2.28. The summed E-state index contributed by atoms with van der Waals surface area (Å²) < 4.78 is 0. The number of hydrogen-bond acceptors (Lipinski definition) is 4. The van der Waals surface area contributed by atoms with E-state index in [1.54, 1.807) is 11.3 Å². The molecule has 0 bridgehead atoms. The minimum atomic E-state index is 0.0977. The van der Waals surface area contributed by atoms with Gasteiger partial charge in [0, 0.05) is 17.8 Å². The predicted molar refractivity (Wildman–Crippen MR) is 85.4 cm³/mol. The molecule has 0 aliphatic carbocycles. The van der Waals surface area contributed by atoms with Gasteiger partial charge in [0.25, 0.3) is 0 Å². The lowest BCUT2D eigenvalue weighted by molar-refractivity contribution is -0.122. The van der Waals surface area contributed by atoms with Crippen LogP contribution in [0.4, 0.5) is 0 Å². The molecule has 0 fully saturated rings. The van der Waals surface area contributed by atoms with Gasteiger partial charge in [0.05, 0.1) is 23.1 Å². The molecule has 0 spiro atoms. The summed E-state index contributed by atoms with van der Waals surface area (Å²) in [5, 5.41) is 6.06. The second-order valence-corrected chi connectivity index (χ2v) is 6.27. The number of nitrogens with one attached hydrogen (secondary N) is 1. The van der Waals surface area contributed by atoms with Crippen molar-refractivity contribution in [3.63, 3.8) is 0 Å². The number of aryl methyl sites for hydroxylation is 1. The Morgan fingerprint density at radius 1 is 1.55 bits per heavy atom. The summed E-state index contributed by atoms with van der Waals surface area (Å²) in [7, 11) is 0. The fourth-order valence-corrected chi connectivity index (χ4v) is 2.97. The monoisotopic (exact) mass is 317 g/mol. The maximum atomic E-state index is 11.7. The fourth-order valence-electron chi connectivity index (χ4n) is 1.90. The van der Waals surface area contributed by atoms with E-state index in [0.717, 1.165) is 36.6 Å². The molecule has 114 valence electrons. The van der Waals surface area contributed by atoms with Gasteiger partial charge in [0.1, 0.15) is 0 Å². The van der Waals surface area contributed by atoms with Crippen LogP contribution in [0.5, 0.6) is 0 Å². The van der Waals surface area contributed by atoms with E-state index in [2.05, 4.69) is 22.1 Å². The number of amides is 1. The second kappa shape index (κ2) is 9.32. The minimum absolute atomic E-state index is 0.0977. The van der Waals surface area contributed by atoms with Crippen molar-refractivity contribution < 1.29 is 4.79 Å². The van der Waals surface area contributed by atoms with Crippen LogP contribution in [0, 0.1) is 0 Å². The summed E-state index contributed by atoms with van der Waals surface area (Å²) in [5.74, 6) is 0.577. The molecule has 1 aromatic rings. The first-order valence-electron chi connectivity index (χ1n) is 7.06. The highest BCUT2D eigenvalue weighted by Gasteiger charge is 2.10. The molecule has 0 aliphatic heterocycles. The molecule has 0 atom stereocenters. The molecule has 1 N–H and O–H groups in total. The van der Waals surface area contributed by atoms with Crippen LogP contribution in [0.3, 0.4) is 0 Å². The molecule has 0 saturated carbocycles. The van der Waals surface area contributed by atoms with Crippen LogP contribution in [0.2, 0.25) is 0 Å². The number of aromatic nitrogens is 1. The largest absolute Gasteiger partial charge is 0.353 e. The summed E-state index contributed by atoms with van der Waals surface area (Å²) in [4.78, 5) is 18.3. The number of rotatable bonds is 9. The molecule has 1 heterocycles. The molecule has 1 amide bonds. The van der Waals surface area contributed by atoms with Crippen LogP contribution in [0.25, 0.3) is 0 Å². The number of halogens is 1. The molecule has 1 rings (SSSR count). The molecule has 0 aliphatic rings. The van der Waals surface area contributed by atoms with E-state index in [9.17, 15) is 4.79 Å². The van der Waals surface area contributed by atoms with E-state index in [-0.39, 0.29) is 11.9 Å². The van der Waals surface area contributed by atoms with Gasteiger partial charge in [-0.25, -0.2) is 4.98 Å². The van der Waals surface area contributed by atoms with Gasteiger partial charge in [0.2, 0.25) is 5.91 Å². The number of carbonyl (C=O) groups is 1. The Morgan fingerprint density at radius 3 is 2.85 bits per heavy atom. The third-order valence-electron chi connectivity index (χ3n) is 2.87. The van der Waals surface area contributed by atoms with Crippen molar-refractivity contribution in [3.05, 3.63) is 16.1 Å². The summed E-state index contributed by atoms with van der Waals surface area (Å²) >= 11 is 7.40. The van der Waals surface area contributed by atoms with Crippen LogP contribution in [0.1, 0.15) is 37.9 Å². The number of alkyl halides is 1. The summed E-state index contributed by atoms with van der Waals surface area (Å²) in [5.41, 5.74) is 0.954. The highest BCUT2D eigenvalue weighted by molar-refractivity contribution is 7.09. The van der Waals surface area contributed by atoms with E-state index < -0.39 is 0 Å². The number of carbonyl (C=O) groups excluding carboxylic acids is 1. The van der Waals surface area contributed by atoms with E-state index in [0.29, 0.717) is 12.4 Å². The van der Waals surface area contributed by atoms with Gasteiger partial charge in [-0.3, -0.25) is 9.69 Å². The van der Waals surface area contributed by atoms with Crippen molar-refractivity contribution in [1.82, 2.24) is 15.2 Å². The zero-order chi connectivity index (χ0) is 15.0. The van der Waals surface area contributed by atoms with E-state index >= 15 is 0 Å². The van der Waals surface area contributed by atoms with Crippen molar-refractivity contribution in [2.24, 2.45) is 0 Å². The summed E-state index contributed by atoms with van der Waals surface area (Å²) in [6, 6.07) is 0.200. The van der Waals surface area contributed by atoms with Gasteiger partial charge in [-0.1, -0.05) is 6.92 Å². The Labute approximate surface area is 130 Å². The quantitative estimate of drug-likeness (QED) is 0.712. The van der Waals surface area contributed by atoms with Crippen molar-refractivity contribution >= 4 is 28.8 Å². The standard InChI is InChI=1S/C14H24ClN3OS/c1-4-18(9-13(19)16-11(2)3)7-5-6-14-17-12(8-15)10-20-14/h10-11H,4-9H2,1-3H3,(H,16,19). The molecule has 0 radical (unpaired) electrons. The average molecular weight is 318 g/mol. The molecule has 1 aromatic heterocycles. The van der Waals surface area contributed by atoms with Gasteiger partial charge >= 0.3 is 0 Å². The van der Waals surface area contributed by atoms with Gasteiger partial charge in [-0.2, -0.15) is 0 Å². The topological polar surface area (TPSA) is 45.2 Å². The van der Waals surface area contributed by atoms with Crippen molar-refractivity contribution in [3.8, 4) is 0 Å². The van der Waals surface area contributed by atoms with E-state index in [1.165, 1.54) is 0 Å². The first-order valence-corrected chi connectivity index (χ1v) is 8.47. The lowest BCUT2D eigenvalue weighted by Gasteiger charge is -2.20. The maximum absolute atomic E-state index is 11.7. The molecular formula is C14H24ClN3OS. The number of nitrogens with zero attached hydrogens (tertiary/aromatic N) is 2. The SMILES string of the molecule is CCN(CCCc1nc(CCl)cs1)CC(=O)NC(C)C. The van der Waals surface area contributed by atoms with Gasteiger partial charge in [-0.05, 0) is 33.4 Å². The second-order valence-electron chi connectivity index (χ2n) is 5.06. The summed E-state index contributed by atoms with van der Waals surface area (Å²) in [6.07, 6.45) is 1.96. The van der Waals surface area contributed by atoms with Crippen molar-refractivity contribution in [2.45, 2.75) is 45.5 Å². The number of thiazole rings is 1. The van der Waals surface area contributed by atoms with Gasteiger partial charge in [-0.15, -0.1) is 22.9 Å². The highest BCUT2D eigenvalue weighted by Crippen LogP contribution is 2.13. The third kappa shape index (κ3) is 6.68. The van der Waals surface area contributed by atoms with Gasteiger partial charge < -0.3 is 5.32 Å². The Kier molecular flexibility index (Phi) is 8.11. The molecular weight excluding hydrogens is 294 g/mol. The van der Waals surface area contributed by atoms with Crippen LogP contribution in [-0.2, 0) is 17.1 Å². The molecule has 4 nitrogen and oxygen atoms in total. The van der Waals surface area contributed by atoms with E-state index in [1.807, 2.05) is 19.2 Å². The Morgan fingerprint density at radius 2 is 2.30 bits per heavy atom. The Hall–Kier alpha value is -0.650. The minimum Gasteiger partial charge on any atom is -0.353 e. The van der Waals surface area contributed by atoms with Crippen molar-refractivity contribution in [2.75, 3.05) is 19.6 Å². The van der Waals surface area contributed by atoms with E-state index in [4.69, 9.17) is 11.6 Å². The molecule has 0 unspecified atom stereocenters. The summed E-state index contributed by atoms with van der Waals surface area (Å²) in [6.45, 7) is 8.31. The van der Waals surface area contributed by atoms with Crippen molar-refractivity contribution in [1.29, 1.82) is 0 Å². The maximum Gasteiger partial charge on any atom is 0.234 e. The highest BCUT2D eigenvalue weighted by atomic mass is 35.5. The third-order valence-corrected chi connectivity index (χ3v) is 4.10. The normalized spacial score (nSPS) is 11.3. The molecule has 0 saturated heterocycles. The average Bonchev–Trinajstić information content (AvgIpc) is 2.84. The Bertz CT molecular complexity index is 409. The lowest BCUT2D eigenvalue weighted by Crippen LogP contribution is -2.40. The predicted octanol–water partition coefficient (Wildman–Crippen LogP) is 2.66. The lowest BCUT2D eigenvalue weighted by atomic mass is 10.3. The van der Waals surface area contributed by atoms with Crippen LogP contribution < -0.4 is 5.32 Å². The fraction of sp³-hybridized carbons (Fsp3) is 0.714. The first-order chi connectivity index (χ1) is 9.55. The van der Waals surface area contributed by atoms with Crippen LogP contribution in [0.15, 0.2) is 5.38 Å². The zero-order valence-electron chi connectivity index (χ0n) is 12.5. The smallest absolute Gasteiger partial charge is 0.234 e. The first kappa shape index (κ1) is 17.4. The zero-order valence-corrected chi connectivity index (χ0v) is 14.1.